The Hall–Kier alpha value is -2.32. The number of rotatable bonds is 4. The van der Waals surface area contributed by atoms with Crippen molar-refractivity contribution < 1.29 is 9.47 Å². The van der Waals surface area contributed by atoms with Gasteiger partial charge in [-0.25, -0.2) is 0 Å². The van der Waals surface area contributed by atoms with Crippen molar-refractivity contribution in [2.75, 3.05) is 13.9 Å². The van der Waals surface area contributed by atoms with Crippen LogP contribution in [-0.2, 0) is 4.74 Å². The fraction of sp³-hybridized carbons (Fsp3) is 0.111. The molecule has 0 heterocycles. The zero-order valence-electron chi connectivity index (χ0n) is 11.4. The number of ether oxygens (including phenoxy) is 2. The summed E-state index contributed by atoms with van der Waals surface area (Å²) in [6.45, 7) is 0.252. The molecule has 0 N–H and O–H groups in total. The van der Waals surface area contributed by atoms with Crippen molar-refractivity contribution in [1.82, 2.24) is 0 Å². The SMILES string of the molecule is COCOc1ccccc1-c1cccc2ccccc12. The molecular weight excluding hydrogens is 248 g/mol. The lowest BCUT2D eigenvalue weighted by Crippen LogP contribution is -2.00. The number of methoxy groups -OCH3 is 1. The van der Waals surface area contributed by atoms with Crippen LogP contribution in [-0.4, -0.2) is 13.9 Å². The average molecular weight is 264 g/mol. The summed E-state index contributed by atoms with van der Waals surface area (Å²) in [7, 11) is 1.63. The van der Waals surface area contributed by atoms with Crippen LogP contribution in [0.25, 0.3) is 21.9 Å². The average Bonchev–Trinajstić information content (AvgIpc) is 2.53. The molecule has 0 spiro atoms. The summed E-state index contributed by atoms with van der Waals surface area (Å²) in [5.41, 5.74) is 2.26. The third kappa shape index (κ3) is 2.38. The van der Waals surface area contributed by atoms with Crippen LogP contribution in [0.4, 0.5) is 0 Å². The number of benzene rings is 3. The highest BCUT2D eigenvalue weighted by atomic mass is 16.7. The van der Waals surface area contributed by atoms with Gasteiger partial charge in [-0.2, -0.15) is 0 Å². The third-order valence-electron chi connectivity index (χ3n) is 3.30. The first-order valence-corrected chi connectivity index (χ1v) is 6.59. The van der Waals surface area contributed by atoms with Gasteiger partial charge in [-0.1, -0.05) is 60.7 Å². The van der Waals surface area contributed by atoms with Gasteiger partial charge in [0.05, 0.1) is 0 Å². The first-order valence-electron chi connectivity index (χ1n) is 6.59. The minimum absolute atomic E-state index is 0.252. The largest absolute Gasteiger partial charge is 0.467 e. The van der Waals surface area contributed by atoms with Crippen LogP contribution < -0.4 is 4.74 Å². The lowest BCUT2D eigenvalue weighted by molar-refractivity contribution is 0.0515. The predicted octanol–water partition coefficient (Wildman–Crippen LogP) is 4.49. The van der Waals surface area contributed by atoms with Crippen LogP contribution in [0.15, 0.2) is 66.7 Å². The molecule has 0 radical (unpaired) electrons. The third-order valence-corrected chi connectivity index (χ3v) is 3.30. The van der Waals surface area contributed by atoms with E-state index in [0.29, 0.717) is 0 Å². The highest BCUT2D eigenvalue weighted by Gasteiger charge is 2.08. The van der Waals surface area contributed by atoms with Crippen molar-refractivity contribution >= 4 is 10.8 Å². The molecule has 0 aliphatic rings. The molecule has 3 aromatic rings. The van der Waals surface area contributed by atoms with Crippen LogP contribution in [0.3, 0.4) is 0 Å². The second kappa shape index (κ2) is 5.76. The van der Waals surface area contributed by atoms with E-state index in [1.807, 2.05) is 18.2 Å². The van der Waals surface area contributed by atoms with Gasteiger partial charge in [-0.05, 0) is 22.4 Å². The number of para-hydroxylation sites is 1. The van der Waals surface area contributed by atoms with Crippen LogP contribution >= 0.6 is 0 Å². The molecule has 0 atom stereocenters. The quantitative estimate of drug-likeness (QED) is 0.646. The van der Waals surface area contributed by atoms with E-state index >= 15 is 0 Å². The smallest absolute Gasteiger partial charge is 0.188 e. The van der Waals surface area contributed by atoms with Gasteiger partial charge in [0, 0.05) is 12.7 Å². The fourth-order valence-corrected chi connectivity index (χ4v) is 2.40. The maximum atomic E-state index is 5.67. The first-order chi connectivity index (χ1) is 9.90. The van der Waals surface area contributed by atoms with Gasteiger partial charge in [0.2, 0.25) is 0 Å². The summed E-state index contributed by atoms with van der Waals surface area (Å²) in [5, 5.41) is 2.45. The molecule has 0 unspecified atom stereocenters. The van der Waals surface area contributed by atoms with E-state index in [9.17, 15) is 0 Å². The Kier molecular flexibility index (Phi) is 3.66. The number of hydrogen-bond donors (Lipinski definition) is 0. The molecule has 0 fully saturated rings. The summed E-state index contributed by atoms with van der Waals surface area (Å²) in [5.74, 6) is 0.839. The number of fused-ring (bicyclic) bond motifs is 1. The lowest BCUT2D eigenvalue weighted by Gasteiger charge is -2.12. The molecule has 0 aromatic heterocycles. The molecule has 0 saturated carbocycles. The molecular formula is C18H16O2. The summed E-state index contributed by atoms with van der Waals surface area (Å²) >= 11 is 0. The van der Waals surface area contributed by atoms with Gasteiger partial charge in [0.15, 0.2) is 6.79 Å². The van der Waals surface area contributed by atoms with Crippen molar-refractivity contribution in [2.24, 2.45) is 0 Å². The van der Waals surface area contributed by atoms with E-state index in [1.165, 1.54) is 16.3 Å². The summed E-state index contributed by atoms with van der Waals surface area (Å²) < 4.78 is 10.7. The van der Waals surface area contributed by atoms with E-state index < -0.39 is 0 Å². The minimum Gasteiger partial charge on any atom is -0.467 e. The molecule has 0 aliphatic carbocycles. The topological polar surface area (TPSA) is 18.5 Å². The van der Waals surface area contributed by atoms with Gasteiger partial charge >= 0.3 is 0 Å². The molecule has 3 rings (SSSR count). The molecule has 20 heavy (non-hydrogen) atoms. The summed E-state index contributed by atoms with van der Waals surface area (Å²) in [4.78, 5) is 0. The summed E-state index contributed by atoms with van der Waals surface area (Å²) in [6.07, 6.45) is 0. The number of hydrogen-bond acceptors (Lipinski definition) is 2. The van der Waals surface area contributed by atoms with Gasteiger partial charge in [0.1, 0.15) is 5.75 Å². The van der Waals surface area contributed by atoms with Crippen LogP contribution in [0.2, 0.25) is 0 Å². The Morgan fingerprint density at radius 3 is 2.35 bits per heavy atom. The van der Waals surface area contributed by atoms with Crippen molar-refractivity contribution in [2.45, 2.75) is 0 Å². The standard InChI is InChI=1S/C18H16O2/c1-19-13-20-18-12-5-4-10-17(18)16-11-6-8-14-7-2-3-9-15(14)16/h2-12H,13H2,1H3. The highest BCUT2D eigenvalue weighted by molar-refractivity contribution is 5.97. The van der Waals surface area contributed by atoms with Crippen LogP contribution in [0.5, 0.6) is 5.75 Å². The molecule has 0 saturated heterocycles. The molecule has 2 heteroatoms. The second-order valence-electron chi connectivity index (χ2n) is 4.57. The van der Waals surface area contributed by atoms with E-state index in [2.05, 4.69) is 48.5 Å². The Balaban J connectivity index is 2.16. The predicted molar refractivity (Wildman–Crippen MR) is 81.9 cm³/mol. The maximum Gasteiger partial charge on any atom is 0.188 e. The normalized spacial score (nSPS) is 10.7. The minimum atomic E-state index is 0.252. The maximum absolute atomic E-state index is 5.67. The van der Waals surface area contributed by atoms with Gasteiger partial charge in [-0.3, -0.25) is 0 Å². The van der Waals surface area contributed by atoms with E-state index in [4.69, 9.17) is 9.47 Å². The van der Waals surface area contributed by atoms with E-state index in [1.54, 1.807) is 7.11 Å². The van der Waals surface area contributed by atoms with Gasteiger partial charge in [0.25, 0.3) is 0 Å². The fourth-order valence-electron chi connectivity index (χ4n) is 2.40. The Labute approximate surface area is 118 Å². The Morgan fingerprint density at radius 2 is 1.45 bits per heavy atom. The Morgan fingerprint density at radius 1 is 0.750 bits per heavy atom. The molecule has 0 aliphatic heterocycles. The van der Waals surface area contributed by atoms with E-state index in [-0.39, 0.29) is 6.79 Å². The Bertz CT molecular complexity index is 714. The molecule has 0 bridgehead atoms. The van der Waals surface area contributed by atoms with Crippen molar-refractivity contribution in [3.05, 3.63) is 66.7 Å². The zero-order chi connectivity index (χ0) is 13.8. The van der Waals surface area contributed by atoms with Crippen LogP contribution in [0.1, 0.15) is 0 Å². The monoisotopic (exact) mass is 264 g/mol. The molecule has 2 nitrogen and oxygen atoms in total. The zero-order valence-corrected chi connectivity index (χ0v) is 11.4. The van der Waals surface area contributed by atoms with Crippen LogP contribution in [0, 0.1) is 0 Å². The van der Waals surface area contributed by atoms with Gasteiger partial charge in [-0.15, -0.1) is 0 Å². The molecule has 3 aromatic carbocycles. The summed E-state index contributed by atoms with van der Waals surface area (Å²) in [6, 6.07) is 22.7. The second-order valence-corrected chi connectivity index (χ2v) is 4.57. The molecule has 100 valence electrons. The highest BCUT2D eigenvalue weighted by Crippen LogP contribution is 2.34. The lowest BCUT2D eigenvalue weighted by atomic mass is 9.98. The first kappa shape index (κ1) is 12.7. The van der Waals surface area contributed by atoms with Crippen molar-refractivity contribution in [1.29, 1.82) is 0 Å². The van der Waals surface area contributed by atoms with Gasteiger partial charge < -0.3 is 9.47 Å². The van der Waals surface area contributed by atoms with Crippen molar-refractivity contribution in [3.63, 3.8) is 0 Å². The van der Waals surface area contributed by atoms with E-state index in [0.717, 1.165) is 11.3 Å². The van der Waals surface area contributed by atoms with Crippen molar-refractivity contribution in [3.8, 4) is 16.9 Å². The molecule has 0 amide bonds.